The molecule has 1 aromatic heterocycles. The molecule has 146 valence electrons. The maximum atomic E-state index is 12.3. The van der Waals surface area contributed by atoms with Gasteiger partial charge in [-0.05, 0) is 30.5 Å². The fourth-order valence-electron chi connectivity index (χ4n) is 3.25. The number of carbonyl (C=O) groups excluding carboxylic acids is 1. The van der Waals surface area contributed by atoms with Gasteiger partial charge in [-0.3, -0.25) is 4.79 Å². The summed E-state index contributed by atoms with van der Waals surface area (Å²) in [4.78, 5) is 22.9. The highest BCUT2D eigenvalue weighted by atomic mass is 16.2. The van der Waals surface area contributed by atoms with Gasteiger partial charge in [0, 0.05) is 38.5 Å². The van der Waals surface area contributed by atoms with Gasteiger partial charge in [0.05, 0.1) is 12.1 Å². The summed E-state index contributed by atoms with van der Waals surface area (Å²) in [6.45, 7) is 0.857. The van der Waals surface area contributed by atoms with Crippen molar-refractivity contribution in [2.45, 2.75) is 37.8 Å². The van der Waals surface area contributed by atoms with Gasteiger partial charge in [0.1, 0.15) is 6.04 Å². The lowest BCUT2D eigenvalue weighted by Crippen LogP contribution is -2.49. The van der Waals surface area contributed by atoms with E-state index in [2.05, 4.69) is 26.7 Å². The van der Waals surface area contributed by atoms with E-state index in [1.54, 1.807) is 12.4 Å². The summed E-state index contributed by atoms with van der Waals surface area (Å²) in [5.41, 5.74) is 2.95. The van der Waals surface area contributed by atoms with Crippen LogP contribution in [0.5, 0.6) is 0 Å². The van der Waals surface area contributed by atoms with Crippen molar-refractivity contribution in [3.63, 3.8) is 0 Å². The van der Waals surface area contributed by atoms with Crippen LogP contribution < -0.4 is 15.5 Å². The molecule has 1 saturated heterocycles. The molecule has 1 aliphatic rings. The zero-order chi connectivity index (χ0) is 19.9. The zero-order valence-corrected chi connectivity index (χ0v) is 16.4. The van der Waals surface area contributed by atoms with E-state index in [0.717, 1.165) is 42.5 Å². The lowest BCUT2D eigenvalue weighted by Gasteiger charge is -2.23. The Bertz CT molecular complexity index is 819. The van der Waals surface area contributed by atoms with Crippen molar-refractivity contribution < 1.29 is 4.79 Å². The molecule has 1 aliphatic heterocycles. The van der Waals surface area contributed by atoms with E-state index in [-0.39, 0.29) is 11.9 Å². The summed E-state index contributed by atoms with van der Waals surface area (Å²) in [5.74, 6) is 0.585. The van der Waals surface area contributed by atoms with Crippen LogP contribution in [0.1, 0.15) is 24.8 Å². The summed E-state index contributed by atoms with van der Waals surface area (Å²) < 4.78 is 0. The second-order valence-corrected chi connectivity index (χ2v) is 7.26. The summed E-state index contributed by atoms with van der Waals surface area (Å²) >= 11 is 0. The molecule has 1 aromatic carbocycles. The van der Waals surface area contributed by atoms with E-state index >= 15 is 0 Å². The van der Waals surface area contributed by atoms with Crippen LogP contribution in [0, 0.1) is 11.3 Å². The number of anilines is 1. The van der Waals surface area contributed by atoms with Crippen LogP contribution in [-0.4, -0.2) is 48.6 Å². The number of hydrogen-bond acceptors (Lipinski definition) is 6. The molecule has 3 rings (SSSR count). The maximum Gasteiger partial charge on any atom is 0.238 e. The van der Waals surface area contributed by atoms with Crippen LogP contribution in [0.3, 0.4) is 0 Å². The third-order valence-corrected chi connectivity index (χ3v) is 4.86. The smallest absolute Gasteiger partial charge is 0.238 e. The van der Waals surface area contributed by atoms with Crippen LogP contribution >= 0.6 is 0 Å². The predicted molar refractivity (Wildman–Crippen MR) is 109 cm³/mol. The standard InChI is InChI=1S/C21H26N6O/c1-27(2)21-24-13-17(14-25-21)16-8-6-15(7-9-16)11-18(12-22)26-20(28)19-5-3-4-10-23-19/h6-9,13-14,18-19,23H,3-5,10-11H2,1-2H3,(H,26,28)/t18-,19?/m0/s1. The molecule has 0 radical (unpaired) electrons. The van der Waals surface area contributed by atoms with E-state index in [9.17, 15) is 10.1 Å². The van der Waals surface area contributed by atoms with Crippen molar-refractivity contribution in [2.75, 3.05) is 25.5 Å². The number of aromatic nitrogens is 2. The number of carbonyl (C=O) groups is 1. The van der Waals surface area contributed by atoms with Gasteiger partial charge in [-0.2, -0.15) is 5.26 Å². The Hall–Kier alpha value is -2.98. The van der Waals surface area contributed by atoms with Gasteiger partial charge in [-0.25, -0.2) is 9.97 Å². The SMILES string of the molecule is CN(C)c1ncc(-c2ccc(C[C@@H](C#N)NC(=O)C3CCCCN3)cc2)cn1. The Kier molecular flexibility index (Phi) is 6.56. The number of hydrogen-bond donors (Lipinski definition) is 2. The van der Waals surface area contributed by atoms with Crippen LogP contribution in [0.15, 0.2) is 36.7 Å². The summed E-state index contributed by atoms with van der Waals surface area (Å²) in [6.07, 6.45) is 7.04. The van der Waals surface area contributed by atoms with Gasteiger partial charge >= 0.3 is 0 Å². The maximum absolute atomic E-state index is 12.3. The molecular weight excluding hydrogens is 352 g/mol. The summed E-state index contributed by atoms with van der Waals surface area (Å²) in [6, 6.07) is 9.41. The van der Waals surface area contributed by atoms with Crippen molar-refractivity contribution in [2.24, 2.45) is 0 Å². The first-order valence-corrected chi connectivity index (χ1v) is 9.59. The molecule has 7 nitrogen and oxygen atoms in total. The van der Waals surface area contributed by atoms with E-state index in [1.807, 2.05) is 43.3 Å². The van der Waals surface area contributed by atoms with Crippen molar-refractivity contribution in [1.82, 2.24) is 20.6 Å². The molecule has 0 bridgehead atoms. The minimum Gasteiger partial charge on any atom is -0.347 e. The molecule has 1 amide bonds. The fourth-order valence-corrected chi connectivity index (χ4v) is 3.25. The Morgan fingerprint density at radius 3 is 2.54 bits per heavy atom. The van der Waals surface area contributed by atoms with Gasteiger partial charge in [-0.15, -0.1) is 0 Å². The van der Waals surface area contributed by atoms with Gasteiger partial charge < -0.3 is 15.5 Å². The Balaban J connectivity index is 1.60. The van der Waals surface area contributed by atoms with Crippen LogP contribution in [0.2, 0.25) is 0 Å². The highest BCUT2D eigenvalue weighted by Gasteiger charge is 2.23. The Morgan fingerprint density at radius 2 is 1.96 bits per heavy atom. The van der Waals surface area contributed by atoms with E-state index in [0.29, 0.717) is 12.4 Å². The van der Waals surface area contributed by atoms with Gasteiger partial charge in [0.15, 0.2) is 0 Å². The highest BCUT2D eigenvalue weighted by molar-refractivity contribution is 5.82. The second-order valence-electron chi connectivity index (χ2n) is 7.26. The van der Waals surface area contributed by atoms with E-state index < -0.39 is 6.04 Å². The molecule has 2 aromatic rings. The summed E-state index contributed by atoms with van der Waals surface area (Å²) in [7, 11) is 3.80. The minimum absolute atomic E-state index is 0.0824. The van der Waals surface area contributed by atoms with Gasteiger partial charge in [-0.1, -0.05) is 30.7 Å². The normalized spacial score (nSPS) is 17.4. The molecule has 1 fully saturated rings. The predicted octanol–water partition coefficient (Wildman–Crippen LogP) is 1.90. The third-order valence-electron chi connectivity index (χ3n) is 4.86. The van der Waals surface area contributed by atoms with Crippen molar-refractivity contribution in [3.05, 3.63) is 42.2 Å². The van der Waals surface area contributed by atoms with Gasteiger partial charge in [0.25, 0.3) is 0 Å². The van der Waals surface area contributed by atoms with Gasteiger partial charge in [0.2, 0.25) is 11.9 Å². The quantitative estimate of drug-likeness (QED) is 0.797. The highest BCUT2D eigenvalue weighted by Crippen LogP contribution is 2.20. The first-order chi connectivity index (χ1) is 13.6. The molecule has 0 spiro atoms. The first-order valence-electron chi connectivity index (χ1n) is 9.59. The third kappa shape index (κ3) is 5.05. The molecule has 1 unspecified atom stereocenters. The number of piperidine rings is 1. The van der Waals surface area contributed by atoms with Crippen LogP contribution in [0.25, 0.3) is 11.1 Å². The molecule has 0 aliphatic carbocycles. The van der Waals surface area contributed by atoms with Crippen LogP contribution in [0.4, 0.5) is 5.95 Å². The molecular formula is C21H26N6O. The number of amides is 1. The second kappa shape index (κ2) is 9.29. The number of nitrogens with zero attached hydrogens (tertiary/aromatic N) is 4. The first kappa shape index (κ1) is 19.8. The monoisotopic (exact) mass is 378 g/mol. The van der Waals surface area contributed by atoms with Crippen molar-refractivity contribution in [1.29, 1.82) is 5.26 Å². The molecule has 0 saturated carbocycles. The molecule has 2 atom stereocenters. The molecule has 28 heavy (non-hydrogen) atoms. The van der Waals surface area contributed by atoms with Crippen LogP contribution in [-0.2, 0) is 11.2 Å². The van der Waals surface area contributed by atoms with Crippen molar-refractivity contribution >= 4 is 11.9 Å². The molecule has 2 heterocycles. The fraction of sp³-hybridized carbons (Fsp3) is 0.429. The lowest BCUT2D eigenvalue weighted by atomic mass is 10.0. The Labute approximate surface area is 165 Å². The number of benzene rings is 1. The van der Waals surface area contributed by atoms with E-state index in [1.165, 1.54) is 0 Å². The lowest BCUT2D eigenvalue weighted by molar-refractivity contribution is -0.124. The minimum atomic E-state index is -0.537. The van der Waals surface area contributed by atoms with E-state index in [4.69, 9.17) is 0 Å². The summed E-state index contributed by atoms with van der Waals surface area (Å²) in [5, 5.41) is 15.5. The molecule has 2 N–H and O–H groups in total. The average Bonchev–Trinajstić information content (AvgIpc) is 2.74. The number of nitriles is 1. The number of rotatable bonds is 6. The van der Waals surface area contributed by atoms with Crippen molar-refractivity contribution in [3.8, 4) is 17.2 Å². The average molecular weight is 378 g/mol. The topological polar surface area (TPSA) is 93.9 Å². The Morgan fingerprint density at radius 1 is 1.25 bits per heavy atom. The largest absolute Gasteiger partial charge is 0.347 e. The molecule has 7 heteroatoms. The zero-order valence-electron chi connectivity index (χ0n) is 16.4. The number of nitrogens with one attached hydrogen (secondary N) is 2.